The Morgan fingerprint density at radius 2 is 2.00 bits per heavy atom. The number of carbonyl (C=O) groups is 1. The van der Waals surface area contributed by atoms with Crippen LogP contribution in [-0.2, 0) is 4.74 Å². The summed E-state index contributed by atoms with van der Waals surface area (Å²) in [5.41, 5.74) is -2.60. The quantitative estimate of drug-likeness (QED) is 0.571. The van der Waals surface area contributed by atoms with Gasteiger partial charge in [-0.1, -0.05) is 35.0 Å². The summed E-state index contributed by atoms with van der Waals surface area (Å²) in [7, 11) is 0. The van der Waals surface area contributed by atoms with Crippen LogP contribution in [0.3, 0.4) is 0 Å². The van der Waals surface area contributed by atoms with Crippen LogP contribution in [0.5, 0.6) is 0 Å². The minimum Gasteiger partial charge on any atom is -0.462 e. The Morgan fingerprint density at radius 1 is 1.37 bits per heavy atom. The number of carbonyl (C=O) groups excluding carboxylic acids is 1. The predicted molar refractivity (Wildman–Crippen MR) is 69.2 cm³/mol. The van der Waals surface area contributed by atoms with E-state index in [0.717, 1.165) is 0 Å². The number of alkyl halides is 3. The third-order valence-corrected chi connectivity index (χ3v) is 3.98. The van der Waals surface area contributed by atoms with E-state index in [9.17, 15) is 18.0 Å². The maximum absolute atomic E-state index is 13.1. The van der Waals surface area contributed by atoms with Crippen LogP contribution in [0, 0.1) is 0 Å². The zero-order chi connectivity index (χ0) is 14.6. The molecule has 8 heteroatoms. The summed E-state index contributed by atoms with van der Waals surface area (Å²) in [5, 5.41) is -0.112. The highest BCUT2D eigenvalue weighted by atomic mass is 35.5. The summed E-state index contributed by atoms with van der Waals surface area (Å²) in [6, 6.07) is 2.57. The molecule has 0 aliphatic carbocycles. The Bertz CT molecular complexity index is 471. The average molecular weight is 333 g/mol. The number of ether oxygens (including phenoxy) is 1. The molecular formula is C11H9Cl2F3O2S. The van der Waals surface area contributed by atoms with Crippen molar-refractivity contribution in [1.29, 1.82) is 0 Å². The van der Waals surface area contributed by atoms with E-state index in [1.807, 2.05) is 0 Å². The van der Waals surface area contributed by atoms with Crippen LogP contribution in [-0.4, -0.2) is 24.5 Å². The normalized spacial score (nSPS) is 12.6. The number of thioether (sulfide) groups is 1. The first-order valence-electron chi connectivity index (χ1n) is 5.12. The fraction of sp³-hybridized carbons (Fsp3) is 0.364. The molecule has 106 valence electrons. The number of benzene rings is 1. The van der Waals surface area contributed by atoms with Crippen LogP contribution in [0.15, 0.2) is 17.0 Å². The molecule has 1 atom stereocenters. The van der Waals surface area contributed by atoms with Crippen LogP contribution in [0.25, 0.3) is 0 Å². The van der Waals surface area contributed by atoms with Crippen molar-refractivity contribution in [2.24, 2.45) is 0 Å². The summed E-state index contributed by atoms with van der Waals surface area (Å²) in [6.45, 7) is 1.68. The minimum atomic E-state index is -3.20. The van der Waals surface area contributed by atoms with E-state index in [1.165, 1.54) is 12.1 Å². The molecule has 0 bridgehead atoms. The Labute approximate surface area is 122 Å². The molecule has 1 aromatic carbocycles. The number of hydrogen-bond donors (Lipinski definition) is 0. The molecule has 0 aliphatic heterocycles. The van der Waals surface area contributed by atoms with Gasteiger partial charge in [0.25, 0.3) is 6.43 Å². The van der Waals surface area contributed by atoms with Gasteiger partial charge in [0, 0.05) is 4.90 Å². The average Bonchev–Trinajstić information content (AvgIpc) is 2.35. The molecule has 2 nitrogen and oxygen atoms in total. The lowest BCUT2D eigenvalue weighted by molar-refractivity contribution is 0.0522. The van der Waals surface area contributed by atoms with E-state index < -0.39 is 17.9 Å². The van der Waals surface area contributed by atoms with Crippen LogP contribution in [0.2, 0.25) is 10.0 Å². The van der Waals surface area contributed by atoms with Crippen molar-refractivity contribution in [1.82, 2.24) is 0 Å². The van der Waals surface area contributed by atoms with Gasteiger partial charge in [0.05, 0.1) is 22.2 Å². The van der Waals surface area contributed by atoms with Crippen molar-refractivity contribution in [2.75, 3.05) is 6.61 Å². The van der Waals surface area contributed by atoms with E-state index in [4.69, 9.17) is 27.9 Å². The first-order chi connectivity index (χ1) is 8.88. The smallest absolute Gasteiger partial charge is 0.339 e. The van der Waals surface area contributed by atoms with Crippen molar-refractivity contribution in [3.05, 3.63) is 27.7 Å². The molecule has 1 unspecified atom stereocenters. The lowest BCUT2D eigenvalue weighted by Crippen LogP contribution is -2.11. The van der Waals surface area contributed by atoms with E-state index in [2.05, 4.69) is 0 Å². The maximum Gasteiger partial charge on any atom is 0.339 e. The molecular weight excluding hydrogens is 324 g/mol. The number of esters is 1. The molecule has 0 heterocycles. The third-order valence-electron chi connectivity index (χ3n) is 1.97. The van der Waals surface area contributed by atoms with Crippen molar-refractivity contribution >= 4 is 40.9 Å². The second-order valence-electron chi connectivity index (χ2n) is 3.26. The van der Waals surface area contributed by atoms with Gasteiger partial charge in [-0.3, -0.25) is 0 Å². The molecule has 0 spiro atoms. The highest BCUT2D eigenvalue weighted by Gasteiger charge is 2.26. The van der Waals surface area contributed by atoms with Gasteiger partial charge in [0.2, 0.25) is 5.50 Å². The molecule has 0 amide bonds. The molecule has 0 aliphatic rings. The molecule has 1 rings (SSSR count). The van der Waals surface area contributed by atoms with E-state index in [-0.39, 0.29) is 38.9 Å². The topological polar surface area (TPSA) is 26.3 Å². The Morgan fingerprint density at radius 3 is 2.53 bits per heavy atom. The highest BCUT2D eigenvalue weighted by molar-refractivity contribution is 8.00. The Hall–Kier alpha value is -0.590. The van der Waals surface area contributed by atoms with Gasteiger partial charge in [0.1, 0.15) is 0 Å². The summed E-state index contributed by atoms with van der Waals surface area (Å²) in [5.74, 6) is -0.773. The van der Waals surface area contributed by atoms with Gasteiger partial charge in [-0.2, -0.15) is 0 Å². The zero-order valence-corrected chi connectivity index (χ0v) is 12.0. The van der Waals surface area contributed by atoms with Gasteiger partial charge >= 0.3 is 5.97 Å². The highest BCUT2D eigenvalue weighted by Crippen LogP contribution is 2.40. The van der Waals surface area contributed by atoms with Crippen molar-refractivity contribution in [2.45, 2.75) is 23.7 Å². The van der Waals surface area contributed by atoms with Gasteiger partial charge in [-0.25, -0.2) is 18.0 Å². The van der Waals surface area contributed by atoms with Gasteiger partial charge in [0.15, 0.2) is 0 Å². The first kappa shape index (κ1) is 16.5. The van der Waals surface area contributed by atoms with E-state index in [1.54, 1.807) is 6.92 Å². The summed E-state index contributed by atoms with van der Waals surface area (Å²) >= 11 is 11.7. The second kappa shape index (κ2) is 7.26. The number of rotatable bonds is 5. The molecule has 0 aromatic heterocycles. The fourth-order valence-corrected chi connectivity index (χ4v) is 2.51. The predicted octanol–water partition coefficient (Wildman–Crippen LogP) is 4.82. The van der Waals surface area contributed by atoms with Crippen LogP contribution >= 0.6 is 35.0 Å². The minimum absolute atomic E-state index is 0.0404. The van der Waals surface area contributed by atoms with Crippen molar-refractivity contribution < 1.29 is 22.7 Å². The van der Waals surface area contributed by atoms with Crippen LogP contribution < -0.4 is 0 Å². The fourth-order valence-electron chi connectivity index (χ4n) is 1.18. The largest absolute Gasteiger partial charge is 0.462 e. The van der Waals surface area contributed by atoms with Gasteiger partial charge < -0.3 is 4.74 Å². The number of hydrogen-bond acceptors (Lipinski definition) is 3. The SMILES string of the molecule is CCOC(=O)c1ccc(Cl)c(Cl)c1SC(F)C(F)F. The Balaban J connectivity index is 3.17. The molecule has 0 radical (unpaired) electrons. The summed E-state index contributed by atoms with van der Waals surface area (Å²) in [6.07, 6.45) is -3.20. The summed E-state index contributed by atoms with van der Waals surface area (Å²) < 4.78 is 42.3. The van der Waals surface area contributed by atoms with Gasteiger partial charge in [-0.15, -0.1) is 0 Å². The monoisotopic (exact) mass is 332 g/mol. The Kier molecular flexibility index (Phi) is 6.29. The van der Waals surface area contributed by atoms with Crippen molar-refractivity contribution in [3.63, 3.8) is 0 Å². The first-order valence-corrected chi connectivity index (χ1v) is 6.76. The molecule has 19 heavy (non-hydrogen) atoms. The lowest BCUT2D eigenvalue weighted by Gasteiger charge is -2.13. The lowest BCUT2D eigenvalue weighted by atomic mass is 10.2. The molecule has 0 saturated heterocycles. The zero-order valence-electron chi connectivity index (χ0n) is 9.63. The molecule has 0 fully saturated rings. The third kappa shape index (κ3) is 4.19. The van der Waals surface area contributed by atoms with Crippen LogP contribution in [0.4, 0.5) is 13.2 Å². The van der Waals surface area contributed by atoms with Crippen molar-refractivity contribution in [3.8, 4) is 0 Å². The summed E-state index contributed by atoms with van der Waals surface area (Å²) in [4.78, 5) is 11.5. The molecule has 0 N–H and O–H groups in total. The maximum atomic E-state index is 13.1. The molecule has 1 aromatic rings. The van der Waals surface area contributed by atoms with E-state index >= 15 is 0 Å². The van der Waals surface area contributed by atoms with Gasteiger partial charge in [-0.05, 0) is 19.1 Å². The van der Waals surface area contributed by atoms with Crippen LogP contribution in [0.1, 0.15) is 17.3 Å². The second-order valence-corrected chi connectivity index (χ2v) is 5.14. The van der Waals surface area contributed by atoms with E-state index in [0.29, 0.717) is 0 Å². The number of halogens is 5. The molecule has 0 saturated carbocycles. The standard InChI is InChI=1S/C11H9Cl2F3O2S/c1-2-18-11(17)5-3-4-6(12)7(13)8(5)19-10(16)9(14)15/h3-4,9-10H,2H2,1H3.